The number of likely N-dealkylation sites (N-methyl/N-ethyl adjacent to an activating group) is 1. The number of hydrogen-bond donors (Lipinski definition) is 0. The van der Waals surface area contributed by atoms with E-state index in [1.54, 1.807) is 11.3 Å². The normalized spacial score (nSPS) is 13.6. The lowest BCUT2D eigenvalue weighted by Crippen LogP contribution is -2.32. The van der Waals surface area contributed by atoms with E-state index >= 15 is 0 Å². The number of thiophene rings is 1. The van der Waals surface area contributed by atoms with Gasteiger partial charge in [-0.05, 0) is 50.9 Å². The Balaban J connectivity index is 1.89. The summed E-state index contributed by atoms with van der Waals surface area (Å²) >= 11 is 1.72. The minimum atomic E-state index is 0.142. The molecule has 4 nitrogen and oxygen atoms in total. The van der Waals surface area contributed by atoms with Crippen LogP contribution in [-0.4, -0.2) is 34.1 Å². The molecule has 0 atom stereocenters. The highest BCUT2D eigenvalue weighted by molar-refractivity contribution is 7.18. The van der Waals surface area contributed by atoms with E-state index in [-0.39, 0.29) is 5.56 Å². The van der Waals surface area contributed by atoms with Gasteiger partial charge in [-0.2, -0.15) is 0 Å². The first-order valence-electron chi connectivity index (χ1n) is 9.96. The molecule has 0 unspecified atom stereocenters. The second-order valence-corrected chi connectivity index (χ2v) is 8.41. The highest BCUT2D eigenvalue weighted by atomic mass is 32.1. The molecule has 142 valence electrons. The third-order valence-electron chi connectivity index (χ3n) is 5.64. The smallest absolute Gasteiger partial charge is 0.262 e. The van der Waals surface area contributed by atoms with Gasteiger partial charge in [-0.15, -0.1) is 11.3 Å². The number of benzene rings is 1. The zero-order valence-corrected chi connectivity index (χ0v) is 17.2. The maximum absolute atomic E-state index is 13.5. The summed E-state index contributed by atoms with van der Waals surface area (Å²) in [6.45, 7) is 9.95. The van der Waals surface area contributed by atoms with E-state index in [1.807, 2.05) is 10.6 Å². The van der Waals surface area contributed by atoms with E-state index in [0.29, 0.717) is 6.54 Å². The number of fused-ring (bicyclic) bond motifs is 3. The summed E-state index contributed by atoms with van der Waals surface area (Å²) in [7, 11) is 0. The van der Waals surface area contributed by atoms with Crippen LogP contribution in [0.2, 0.25) is 0 Å². The fourth-order valence-corrected chi connectivity index (χ4v) is 5.32. The van der Waals surface area contributed by atoms with Crippen LogP contribution in [0.15, 0.2) is 29.1 Å². The van der Waals surface area contributed by atoms with Gasteiger partial charge in [-0.25, -0.2) is 4.98 Å². The van der Waals surface area contributed by atoms with Crippen molar-refractivity contribution < 1.29 is 0 Å². The zero-order valence-electron chi connectivity index (χ0n) is 16.4. The van der Waals surface area contributed by atoms with Gasteiger partial charge < -0.3 is 4.90 Å². The van der Waals surface area contributed by atoms with Crippen LogP contribution < -0.4 is 5.56 Å². The molecule has 1 aromatic carbocycles. The van der Waals surface area contributed by atoms with Crippen LogP contribution in [-0.2, 0) is 19.4 Å². The lowest BCUT2D eigenvalue weighted by molar-refractivity contribution is 0.289. The molecule has 4 rings (SSSR count). The van der Waals surface area contributed by atoms with Gasteiger partial charge in [-0.1, -0.05) is 37.6 Å². The van der Waals surface area contributed by atoms with Crippen molar-refractivity contribution in [2.45, 2.75) is 46.6 Å². The summed E-state index contributed by atoms with van der Waals surface area (Å²) < 4.78 is 1.92. The van der Waals surface area contributed by atoms with Crippen molar-refractivity contribution in [3.8, 4) is 11.4 Å². The number of aryl methyl sites for hydroxylation is 3. The summed E-state index contributed by atoms with van der Waals surface area (Å²) in [5.41, 5.74) is 3.62. The van der Waals surface area contributed by atoms with Crippen LogP contribution in [0.4, 0.5) is 0 Å². The van der Waals surface area contributed by atoms with Crippen LogP contribution in [0.5, 0.6) is 0 Å². The summed E-state index contributed by atoms with van der Waals surface area (Å²) in [5, 5.41) is 0.878. The molecule has 0 saturated carbocycles. The van der Waals surface area contributed by atoms with Crippen molar-refractivity contribution in [2.75, 3.05) is 19.6 Å². The van der Waals surface area contributed by atoms with E-state index in [9.17, 15) is 4.79 Å². The monoisotopic (exact) mass is 381 g/mol. The van der Waals surface area contributed by atoms with Gasteiger partial charge in [0.15, 0.2) is 0 Å². The lowest BCUT2D eigenvalue weighted by Gasteiger charge is -2.20. The Morgan fingerprint density at radius 1 is 1.22 bits per heavy atom. The van der Waals surface area contributed by atoms with Crippen molar-refractivity contribution in [1.29, 1.82) is 0 Å². The summed E-state index contributed by atoms with van der Waals surface area (Å²) in [5.74, 6) is 0.809. The maximum Gasteiger partial charge on any atom is 0.262 e. The summed E-state index contributed by atoms with van der Waals surface area (Å²) in [6.07, 6.45) is 3.27. The minimum Gasteiger partial charge on any atom is -0.302 e. The molecule has 0 bridgehead atoms. The van der Waals surface area contributed by atoms with E-state index in [2.05, 4.69) is 43.9 Å². The van der Waals surface area contributed by atoms with E-state index in [0.717, 1.165) is 60.5 Å². The molecule has 1 aliphatic rings. The summed E-state index contributed by atoms with van der Waals surface area (Å²) in [4.78, 5) is 23.2. The second-order valence-electron chi connectivity index (χ2n) is 7.33. The second kappa shape index (κ2) is 7.56. The molecule has 27 heavy (non-hydrogen) atoms. The molecule has 3 aromatic rings. The van der Waals surface area contributed by atoms with Crippen LogP contribution in [0, 0.1) is 6.92 Å². The van der Waals surface area contributed by atoms with Crippen LogP contribution in [0.25, 0.3) is 21.6 Å². The molecular formula is C22H27N3OS. The largest absolute Gasteiger partial charge is 0.302 e. The topological polar surface area (TPSA) is 38.1 Å². The first-order valence-corrected chi connectivity index (χ1v) is 10.8. The highest BCUT2D eigenvalue weighted by Gasteiger charge is 2.23. The van der Waals surface area contributed by atoms with Crippen molar-refractivity contribution in [3.05, 3.63) is 50.6 Å². The van der Waals surface area contributed by atoms with Gasteiger partial charge >= 0.3 is 0 Å². The molecule has 5 heteroatoms. The van der Waals surface area contributed by atoms with Crippen molar-refractivity contribution in [2.24, 2.45) is 0 Å². The number of aromatic nitrogens is 2. The molecule has 2 heterocycles. The predicted octanol–water partition coefficient (Wildman–Crippen LogP) is 4.26. The van der Waals surface area contributed by atoms with Gasteiger partial charge in [0.2, 0.25) is 0 Å². The molecule has 0 N–H and O–H groups in total. The third kappa shape index (κ3) is 3.34. The Kier molecular flexibility index (Phi) is 5.15. The molecule has 0 spiro atoms. The average Bonchev–Trinajstić information content (AvgIpc) is 3.24. The Morgan fingerprint density at radius 2 is 2.04 bits per heavy atom. The summed E-state index contributed by atoms with van der Waals surface area (Å²) in [6, 6.07) is 8.32. The Hall–Kier alpha value is -1.98. The minimum absolute atomic E-state index is 0.142. The maximum atomic E-state index is 13.5. The van der Waals surface area contributed by atoms with Crippen molar-refractivity contribution in [3.63, 3.8) is 0 Å². The van der Waals surface area contributed by atoms with Gasteiger partial charge in [-0.3, -0.25) is 9.36 Å². The standard InChI is InChI=1S/C22H27N3OS/c1-4-24(5-2)12-13-25-20(16-9-6-8-15(3)14-16)23-21-19(22(25)26)17-10-7-11-18(17)27-21/h6,8-9,14H,4-5,7,10-13H2,1-3H3. The Labute approximate surface area is 164 Å². The fourth-order valence-electron chi connectivity index (χ4n) is 4.07. The molecule has 2 aromatic heterocycles. The molecule has 0 fully saturated rings. The van der Waals surface area contributed by atoms with Crippen LogP contribution in [0.3, 0.4) is 0 Å². The molecule has 0 saturated heterocycles. The number of nitrogens with zero attached hydrogens (tertiary/aromatic N) is 3. The first kappa shape index (κ1) is 18.4. The molecule has 0 radical (unpaired) electrons. The zero-order chi connectivity index (χ0) is 19.0. The SMILES string of the molecule is CCN(CC)CCn1c(-c2cccc(C)c2)nc2sc3c(c2c1=O)CCC3. The van der Waals surface area contributed by atoms with Crippen LogP contribution >= 0.6 is 11.3 Å². The first-order chi connectivity index (χ1) is 13.1. The number of rotatable bonds is 6. The van der Waals surface area contributed by atoms with E-state index in [4.69, 9.17) is 4.98 Å². The average molecular weight is 382 g/mol. The quantitative estimate of drug-likeness (QED) is 0.640. The fraction of sp³-hybridized carbons (Fsp3) is 0.455. The van der Waals surface area contributed by atoms with E-state index in [1.165, 1.54) is 16.0 Å². The molecule has 1 aliphatic carbocycles. The van der Waals surface area contributed by atoms with Crippen molar-refractivity contribution >= 4 is 21.6 Å². The lowest BCUT2D eigenvalue weighted by atomic mass is 10.1. The van der Waals surface area contributed by atoms with Gasteiger partial charge in [0, 0.05) is 23.5 Å². The van der Waals surface area contributed by atoms with Gasteiger partial charge in [0.1, 0.15) is 10.7 Å². The molecular weight excluding hydrogens is 354 g/mol. The van der Waals surface area contributed by atoms with E-state index < -0.39 is 0 Å². The van der Waals surface area contributed by atoms with Crippen molar-refractivity contribution in [1.82, 2.24) is 14.5 Å². The Morgan fingerprint density at radius 3 is 2.78 bits per heavy atom. The molecule has 0 amide bonds. The van der Waals surface area contributed by atoms with Crippen LogP contribution in [0.1, 0.15) is 36.3 Å². The van der Waals surface area contributed by atoms with Gasteiger partial charge in [0.05, 0.1) is 5.39 Å². The predicted molar refractivity (Wildman–Crippen MR) is 114 cm³/mol. The third-order valence-corrected chi connectivity index (χ3v) is 6.82. The molecule has 0 aliphatic heterocycles. The van der Waals surface area contributed by atoms with Gasteiger partial charge in [0.25, 0.3) is 5.56 Å². The highest BCUT2D eigenvalue weighted by Crippen LogP contribution is 2.35. The number of hydrogen-bond acceptors (Lipinski definition) is 4. The Bertz CT molecular complexity index is 1030.